The van der Waals surface area contributed by atoms with Crippen molar-refractivity contribution < 1.29 is 0 Å². The summed E-state index contributed by atoms with van der Waals surface area (Å²) in [6.45, 7) is 4.45. The van der Waals surface area contributed by atoms with Gasteiger partial charge in [-0.25, -0.2) is 0 Å². The molecular weight excluding hydrogens is 271 g/mol. The maximum atomic E-state index is 5.48. The second-order valence-corrected chi connectivity index (χ2v) is 5.02. The van der Waals surface area contributed by atoms with Crippen molar-refractivity contribution >= 4 is 27.5 Å². The molecule has 2 heteroatoms. The molecule has 0 saturated heterocycles. The van der Waals surface area contributed by atoms with Crippen LogP contribution < -0.4 is 0 Å². The van der Waals surface area contributed by atoms with E-state index in [0.717, 1.165) is 5.88 Å². The first kappa shape index (κ1) is 18.1. The smallest absolute Gasteiger partial charge is 0.0223 e. The van der Waals surface area contributed by atoms with Crippen molar-refractivity contribution in [1.29, 1.82) is 0 Å². The first-order chi connectivity index (χ1) is 7.33. The monoisotopic (exact) mass is 298 g/mol. The van der Waals surface area contributed by atoms with Crippen LogP contribution in [-0.2, 0) is 0 Å². The predicted molar refractivity (Wildman–Crippen MR) is 77.4 cm³/mol. The number of hydrogen-bond donors (Lipinski definition) is 0. The van der Waals surface area contributed by atoms with Crippen molar-refractivity contribution in [3.05, 3.63) is 0 Å². The number of unbranched alkanes of at least 4 members (excludes halogenated alkanes) is 7. The van der Waals surface area contributed by atoms with Gasteiger partial charge < -0.3 is 0 Å². The molecule has 0 aliphatic carbocycles. The number of alkyl halides is 2. The zero-order chi connectivity index (χ0) is 11.8. The van der Waals surface area contributed by atoms with Gasteiger partial charge in [0.05, 0.1) is 0 Å². The van der Waals surface area contributed by atoms with Gasteiger partial charge >= 0.3 is 0 Å². The molecule has 0 radical (unpaired) electrons. The van der Waals surface area contributed by atoms with Crippen LogP contribution in [0.1, 0.15) is 71.6 Å². The summed E-state index contributed by atoms with van der Waals surface area (Å²) >= 11 is 8.86. The van der Waals surface area contributed by atoms with Gasteiger partial charge in [0.15, 0.2) is 0 Å². The Balaban J connectivity index is 0. The fraction of sp³-hybridized carbons (Fsp3) is 1.00. The summed E-state index contributed by atoms with van der Waals surface area (Å²) in [6.07, 6.45) is 12.0. The van der Waals surface area contributed by atoms with Crippen LogP contribution in [0.2, 0.25) is 0 Å². The van der Waals surface area contributed by atoms with Crippen LogP contribution in [0.25, 0.3) is 0 Å². The van der Waals surface area contributed by atoms with Gasteiger partial charge in [-0.05, 0) is 12.8 Å². The van der Waals surface area contributed by atoms with Crippen LogP contribution in [0.4, 0.5) is 0 Å². The molecule has 0 saturated carbocycles. The van der Waals surface area contributed by atoms with Crippen molar-refractivity contribution in [3.63, 3.8) is 0 Å². The Morgan fingerprint density at radius 3 is 1.60 bits per heavy atom. The largest absolute Gasteiger partial charge is 0.127 e. The molecule has 94 valence electrons. The topological polar surface area (TPSA) is 0 Å². The highest BCUT2D eigenvalue weighted by atomic mass is 79.9. The lowest BCUT2D eigenvalue weighted by Gasteiger charge is -1.93. The summed E-state index contributed by atoms with van der Waals surface area (Å²) in [7, 11) is 0. The highest BCUT2D eigenvalue weighted by Gasteiger charge is 1.84. The summed E-state index contributed by atoms with van der Waals surface area (Å²) in [4.78, 5) is 0. The van der Waals surface area contributed by atoms with Crippen LogP contribution in [0.15, 0.2) is 0 Å². The molecule has 0 nitrogen and oxygen atoms in total. The standard InChI is InChI=1S/C7H15Cl.C6H13Br/c1-2-3-4-5-6-7-8;1-2-3-4-5-6-7/h2-7H2,1H3;2-6H2,1H3. The van der Waals surface area contributed by atoms with Crippen molar-refractivity contribution in [2.75, 3.05) is 11.2 Å². The Hall–Kier alpha value is 0.770. The van der Waals surface area contributed by atoms with E-state index >= 15 is 0 Å². The highest BCUT2D eigenvalue weighted by Crippen LogP contribution is 2.02. The molecule has 0 atom stereocenters. The molecule has 0 aliphatic heterocycles. The normalized spacial score (nSPS) is 9.60. The van der Waals surface area contributed by atoms with Crippen LogP contribution in [0, 0.1) is 0 Å². The average molecular weight is 300 g/mol. The van der Waals surface area contributed by atoms with E-state index in [2.05, 4.69) is 29.8 Å². The SMILES string of the molecule is CCCCCCBr.CCCCCCCCl. The second kappa shape index (κ2) is 20.2. The zero-order valence-electron chi connectivity index (χ0n) is 10.5. The lowest BCUT2D eigenvalue weighted by Crippen LogP contribution is -1.76. The molecule has 0 spiro atoms. The molecule has 0 N–H and O–H groups in total. The van der Waals surface area contributed by atoms with Gasteiger partial charge in [0.2, 0.25) is 0 Å². The van der Waals surface area contributed by atoms with Gasteiger partial charge in [0.1, 0.15) is 0 Å². The number of halogens is 2. The van der Waals surface area contributed by atoms with E-state index in [9.17, 15) is 0 Å². The molecule has 0 aromatic heterocycles. The molecule has 0 fully saturated rings. The number of rotatable bonds is 9. The summed E-state index contributed by atoms with van der Waals surface area (Å²) in [5, 5.41) is 1.17. The van der Waals surface area contributed by atoms with E-state index < -0.39 is 0 Å². The van der Waals surface area contributed by atoms with E-state index in [1.54, 1.807) is 0 Å². The molecule has 0 rings (SSSR count). The first-order valence-corrected chi connectivity index (χ1v) is 8.10. The van der Waals surface area contributed by atoms with Gasteiger partial charge in [0.25, 0.3) is 0 Å². The Morgan fingerprint density at radius 1 is 0.733 bits per heavy atom. The van der Waals surface area contributed by atoms with Crippen molar-refractivity contribution in [3.8, 4) is 0 Å². The van der Waals surface area contributed by atoms with E-state index in [1.165, 1.54) is 63.1 Å². The maximum Gasteiger partial charge on any atom is 0.0223 e. The van der Waals surface area contributed by atoms with Gasteiger partial charge in [-0.15, -0.1) is 11.6 Å². The summed E-state index contributed by atoms with van der Waals surface area (Å²) < 4.78 is 0. The van der Waals surface area contributed by atoms with E-state index in [1.807, 2.05) is 0 Å². The quantitative estimate of drug-likeness (QED) is 0.353. The van der Waals surface area contributed by atoms with E-state index in [0.29, 0.717) is 0 Å². The first-order valence-electron chi connectivity index (χ1n) is 6.45. The third kappa shape index (κ3) is 25.2. The third-order valence-corrected chi connectivity index (χ3v) is 3.05. The predicted octanol–water partition coefficient (Wildman–Crippen LogP) is 6.16. The minimum absolute atomic E-state index is 0.837. The maximum absolute atomic E-state index is 5.48. The molecule has 0 aliphatic rings. The van der Waals surface area contributed by atoms with Crippen LogP contribution in [0.3, 0.4) is 0 Å². The van der Waals surface area contributed by atoms with Gasteiger partial charge in [-0.1, -0.05) is 74.7 Å². The summed E-state index contributed by atoms with van der Waals surface area (Å²) in [6, 6.07) is 0. The minimum atomic E-state index is 0.837. The Kier molecular flexibility index (Phi) is 24.5. The molecule has 0 amide bonds. The summed E-state index contributed by atoms with van der Waals surface area (Å²) in [5.41, 5.74) is 0. The van der Waals surface area contributed by atoms with E-state index in [4.69, 9.17) is 11.6 Å². The van der Waals surface area contributed by atoms with Crippen LogP contribution in [0.5, 0.6) is 0 Å². The van der Waals surface area contributed by atoms with Crippen molar-refractivity contribution in [2.24, 2.45) is 0 Å². The molecule has 0 aromatic carbocycles. The summed E-state index contributed by atoms with van der Waals surface area (Å²) in [5.74, 6) is 0.837. The molecule has 0 aromatic rings. The van der Waals surface area contributed by atoms with Crippen LogP contribution in [-0.4, -0.2) is 11.2 Å². The van der Waals surface area contributed by atoms with Crippen molar-refractivity contribution in [2.45, 2.75) is 71.6 Å². The molecule has 0 heterocycles. The molecule has 15 heavy (non-hydrogen) atoms. The van der Waals surface area contributed by atoms with Crippen molar-refractivity contribution in [1.82, 2.24) is 0 Å². The number of hydrogen-bond acceptors (Lipinski definition) is 0. The fourth-order valence-electron chi connectivity index (χ4n) is 1.22. The Morgan fingerprint density at radius 2 is 1.20 bits per heavy atom. The van der Waals surface area contributed by atoms with Gasteiger partial charge in [-0.2, -0.15) is 0 Å². The Bertz CT molecular complexity index is 76.6. The molecule has 0 bridgehead atoms. The lowest BCUT2D eigenvalue weighted by atomic mass is 10.2. The average Bonchev–Trinajstić information content (AvgIpc) is 2.26. The van der Waals surface area contributed by atoms with Crippen LogP contribution >= 0.6 is 27.5 Å². The lowest BCUT2D eigenvalue weighted by molar-refractivity contribution is 0.658. The molecular formula is C13H28BrCl. The fourth-order valence-corrected chi connectivity index (χ4v) is 1.80. The minimum Gasteiger partial charge on any atom is -0.127 e. The third-order valence-electron chi connectivity index (χ3n) is 2.22. The molecule has 0 unspecified atom stereocenters. The van der Waals surface area contributed by atoms with E-state index in [-0.39, 0.29) is 0 Å². The highest BCUT2D eigenvalue weighted by molar-refractivity contribution is 9.09. The zero-order valence-corrected chi connectivity index (χ0v) is 12.9. The van der Waals surface area contributed by atoms with Gasteiger partial charge in [0, 0.05) is 11.2 Å². The second-order valence-electron chi connectivity index (χ2n) is 3.85. The Labute approximate surface area is 110 Å². The van der Waals surface area contributed by atoms with Gasteiger partial charge in [-0.3, -0.25) is 0 Å².